The number of carbonyl (C=O) groups is 2. The van der Waals surface area contributed by atoms with Crippen LogP contribution >= 0.6 is 0 Å². The Morgan fingerprint density at radius 2 is 2.14 bits per heavy atom. The van der Waals surface area contributed by atoms with Gasteiger partial charge in [0.25, 0.3) is 0 Å². The zero-order chi connectivity index (χ0) is 21.3. The molecule has 1 aromatic heterocycles. The fourth-order valence-corrected chi connectivity index (χ4v) is 3.36. The minimum Gasteiger partial charge on any atom is -0.467 e. The van der Waals surface area contributed by atoms with E-state index in [9.17, 15) is 9.59 Å². The number of furan rings is 1. The van der Waals surface area contributed by atoms with E-state index in [0.29, 0.717) is 26.3 Å². The molecule has 29 heavy (non-hydrogen) atoms. The number of hydrogen-bond donors (Lipinski definition) is 2. The molecule has 8 heteroatoms. The Morgan fingerprint density at radius 1 is 1.34 bits per heavy atom. The second kappa shape index (κ2) is 11.1. The fraction of sp³-hybridized carbons (Fsp3) is 0.714. The first-order chi connectivity index (χ1) is 13.8. The Kier molecular flexibility index (Phi) is 8.82. The highest BCUT2D eigenvalue weighted by Crippen LogP contribution is 2.20. The number of ether oxygens (including phenoxy) is 2. The van der Waals surface area contributed by atoms with Crippen LogP contribution in [-0.4, -0.2) is 54.4 Å². The average Bonchev–Trinajstić information content (AvgIpc) is 3.16. The number of rotatable bonds is 8. The lowest BCUT2D eigenvalue weighted by Gasteiger charge is -2.39. The third-order valence-corrected chi connectivity index (χ3v) is 4.70. The van der Waals surface area contributed by atoms with Gasteiger partial charge in [-0.2, -0.15) is 0 Å². The second-order valence-electron chi connectivity index (χ2n) is 8.41. The van der Waals surface area contributed by atoms with Gasteiger partial charge in [-0.3, -0.25) is 0 Å². The fourth-order valence-electron chi connectivity index (χ4n) is 3.36. The van der Waals surface area contributed by atoms with Crippen molar-refractivity contribution in [2.24, 2.45) is 0 Å². The summed E-state index contributed by atoms with van der Waals surface area (Å²) in [6, 6.07) is 3.36. The molecule has 1 aromatic rings. The molecular weight excluding hydrogens is 374 g/mol. The van der Waals surface area contributed by atoms with Gasteiger partial charge in [-0.15, -0.1) is 0 Å². The predicted octanol–water partition coefficient (Wildman–Crippen LogP) is 3.66. The summed E-state index contributed by atoms with van der Waals surface area (Å²) in [6.45, 7) is 9.61. The van der Waals surface area contributed by atoms with E-state index in [1.54, 1.807) is 6.26 Å². The number of hydrogen-bond acceptors (Lipinski definition) is 5. The number of nitrogens with one attached hydrogen (secondary N) is 2. The van der Waals surface area contributed by atoms with Gasteiger partial charge in [-0.1, -0.05) is 0 Å². The largest absolute Gasteiger partial charge is 0.467 e. The lowest BCUT2D eigenvalue weighted by Crippen LogP contribution is -2.57. The van der Waals surface area contributed by atoms with Gasteiger partial charge in [0, 0.05) is 25.7 Å². The van der Waals surface area contributed by atoms with E-state index in [1.165, 1.54) is 0 Å². The van der Waals surface area contributed by atoms with Crippen LogP contribution in [0.2, 0.25) is 0 Å². The van der Waals surface area contributed by atoms with Gasteiger partial charge < -0.3 is 29.4 Å². The maximum Gasteiger partial charge on any atom is 0.407 e. The van der Waals surface area contributed by atoms with Crippen molar-refractivity contribution >= 4 is 12.1 Å². The summed E-state index contributed by atoms with van der Waals surface area (Å²) in [6.07, 6.45) is 4.75. The Bertz CT molecular complexity index is 627. The van der Waals surface area contributed by atoms with Gasteiger partial charge in [-0.25, -0.2) is 9.59 Å². The molecule has 2 N–H and O–H groups in total. The van der Waals surface area contributed by atoms with Crippen molar-refractivity contribution in [2.45, 2.75) is 77.7 Å². The summed E-state index contributed by atoms with van der Waals surface area (Å²) in [7, 11) is 0. The zero-order valence-electron chi connectivity index (χ0n) is 18.0. The Balaban J connectivity index is 1.72. The zero-order valence-corrected chi connectivity index (χ0v) is 18.0. The molecule has 0 radical (unpaired) electrons. The molecule has 3 amide bonds. The molecule has 2 heterocycles. The van der Waals surface area contributed by atoms with Gasteiger partial charge in [0.05, 0.1) is 12.3 Å². The van der Waals surface area contributed by atoms with Gasteiger partial charge in [0.15, 0.2) is 0 Å². The van der Waals surface area contributed by atoms with Crippen LogP contribution in [0.25, 0.3) is 0 Å². The maximum atomic E-state index is 12.7. The number of likely N-dealkylation sites (tertiary alicyclic amines) is 1. The summed E-state index contributed by atoms with van der Waals surface area (Å²) in [5, 5.41) is 5.84. The molecule has 0 spiro atoms. The molecular formula is C21H35N3O5. The van der Waals surface area contributed by atoms with Crippen molar-refractivity contribution in [1.82, 2.24) is 15.5 Å². The molecule has 1 aliphatic rings. The minimum atomic E-state index is -0.549. The van der Waals surface area contributed by atoms with Crippen LogP contribution in [-0.2, 0) is 16.1 Å². The van der Waals surface area contributed by atoms with Crippen LogP contribution in [0.3, 0.4) is 0 Å². The summed E-state index contributed by atoms with van der Waals surface area (Å²) in [4.78, 5) is 26.6. The molecule has 0 saturated carbocycles. The highest BCUT2D eigenvalue weighted by molar-refractivity contribution is 5.75. The summed E-state index contributed by atoms with van der Waals surface area (Å²) in [5.41, 5.74) is -0.549. The first-order valence-electron chi connectivity index (χ1n) is 10.4. The van der Waals surface area contributed by atoms with Crippen molar-refractivity contribution in [3.63, 3.8) is 0 Å². The summed E-state index contributed by atoms with van der Waals surface area (Å²) < 4.78 is 16.1. The number of urea groups is 1. The number of amides is 3. The lowest BCUT2D eigenvalue weighted by atomic mass is 9.97. The van der Waals surface area contributed by atoms with Crippen LogP contribution < -0.4 is 10.6 Å². The molecule has 2 rings (SSSR count). The minimum absolute atomic E-state index is 0.0496. The second-order valence-corrected chi connectivity index (χ2v) is 8.41. The Morgan fingerprint density at radius 3 is 2.83 bits per heavy atom. The van der Waals surface area contributed by atoms with Gasteiger partial charge in [0.2, 0.25) is 0 Å². The normalized spacial score (nSPS) is 18.2. The first-order valence-corrected chi connectivity index (χ1v) is 10.4. The third kappa shape index (κ3) is 8.35. The van der Waals surface area contributed by atoms with E-state index in [2.05, 4.69) is 10.6 Å². The lowest BCUT2D eigenvalue weighted by molar-refractivity contribution is 0.0461. The number of piperidine rings is 1. The third-order valence-electron chi connectivity index (χ3n) is 4.70. The van der Waals surface area contributed by atoms with Crippen molar-refractivity contribution in [3.8, 4) is 0 Å². The van der Waals surface area contributed by atoms with E-state index < -0.39 is 11.7 Å². The quantitative estimate of drug-likeness (QED) is 0.639. The van der Waals surface area contributed by atoms with Crippen molar-refractivity contribution < 1.29 is 23.5 Å². The average molecular weight is 410 g/mol. The molecule has 1 saturated heterocycles. The van der Waals surface area contributed by atoms with E-state index >= 15 is 0 Å². The predicted molar refractivity (Wildman–Crippen MR) is 110 cm³/mol. The van der Waals surface area contributed by atoms with Crippen LogP contribution in [0.5, 0.6) is 0 Å². The number of carbonyl (C=O) groups excluding carboxylic acids is 2. The van der Waals surface area contributed by atoms with Gasteiger partial charge in [0.1, 0.15) is 18.0 Å². The van der Waals surface area contributed by atoms with Crippen molar-refractivity contribution in [1.29, 1.82) is 0 Å². The van der Waals surface area contributed by atoms with E-state index in [1.807, 2.05) is 44.7 Å². The van der Waals surface area contributed by atoms with Crippen LogP contribution in [0.1, 0.15) is 59.1 Å². The molecule has 0 bridgehead atoms. The molecule has 1 aliphatic heterocycles. The Hall–Kier alpha value is -2.22. The van der Waals surface area contributed by atoms with Crippen molar-refractivity contribution in [2.75, 3.05) is 19.7 Å². The molecule has 8 nitrogen and oxygen atoms in total. The molecule has 2 atom stereocenters. The van der Waals surface area contributed by atoms with Crippen LogP contribution in [0, 0.1) is 0 Å². The van der Waals surface area contributed by atoms with Crippen molar-refractivity contribution in [3.05, 3.63) is 24.2 Å². The molecule has 164 valence electrons. The van der Waals surface area contributed by atoms with Gasteiger partial charge in [-0.05, 0) is 65.5 Å². The highest BCUT2D eigenvalue weighted by atomic mass is 16.6. The SMILES string of the molecule is C[C@@H](NC(=O)OC(C)(C)C)[C@@H]1CCCCN1C(=O)NCCCOCc1ccco1. The molecule has 1 fully saturated rings. The molecule has 0 unspecified atom stereocenters. The van der Waals surface area contributed by atoms with E-state index in [0.717, 1.165) is 31.4 Å². The van der Waals surface area contributed by atoms with Crippen LogP contribution in [0.4, 0.5) is 9.59 Å². The topological polar surface area (TPSA) is 93.0 Å². The number of alkyl carbamates (subject to hydrolysis) is 1. The maximum absolute atomic E-state index is 12.7. The van der Waals surface area contributed by atoms with Crippen LogP contribution in [0.15, 0.2) is 22.8 Å². The smallest absolute Gasteiger partial charge is 0.407 e. The Labute approximate surface area is 173 Å². The molecule has 0 aliphatic carbocycles. The van der Waals surface area contributed by atoms with E-state index in [4.69, 9.17) is 13.9 Å². The highest BCUT2D eigenvalue weighted by Gasteiger charge is 2.32. The summed E-state index contributed by atoms with van der Waals surface area (Å²) >= 11 is 0. The first kappa shape index (κ1) is 23.1. The monoisotopic (exact) mass is 409 g/mol. The number of nitrogens with zero attached hydrogens (tertiary/aromatic N) is 1. The van der Waals surface area contributed by atoms with E-state index in [-0.39, 0.29) is 18.1 Å². The van der Waals surface area contributed by atoms with Gasteiger partial charge >= 0.3 is 12.1 Å². The standard InChI is InChI=1S/C21H35N3O5/c1-16(23-20(26)29-21(2,3)4)18-10-5-6-12-24(18)19(25)22-11-8-13-27-15-17-9-7-14-28-17/h7,9,14,16,18H,5-6,8,10-13,15H2,1-4H3,(H,22,25)(H,23,26)/t16-,18+/m1/s1. The molecule has 0 aromatic carbocycles. The summed E-state index contributed by atoms with van der Waals surface area (Å²) in [5.74, 6) is 0.789.